The molecule has 4 heteroatoms. The van der Waals surface area contributed by atoms with Crippen molar-refractivity contribution in [1.29, 1.82) is 0 Å². The van der Waals surface area contributed by atoms with Crippen molar-refractivity contribution in [1.82, 2.24) is 0 Å². The van der Waals surface area contributed by atoms with Gasteiger partial charge in [0.25, 0.3) is 0 Å². The van der Waals surface area contributed by atoms with E-state index in [1.54, 1.807) is 6.07 Å². The summed E-state index contributed by atoms with van der Waals surface area (Å²) in [6.45, 7) is 1.70. The first-order valence-electron chi connectivity index (χ1n) is 4.47. The average molecular weight is 214 g/mol. The van der Waals surface area contributed by atoms with Gasteiger partial charge in [0.1, 0.15) is 0 Å². The van der Waals surface area contributed by atoms with E-state index in [1.807, 2.05) is 0 Å². The molecule has 0 bridgehead atoms. The molecule has 0 aliphatic carbocycles. The molecule has 1 atom stereocenters. The number of halogens is 2. The number of aliphatic hydroxyl groups is 1. The highest BCUT2D eigenvalue weighted by atomic mass is 19.3. The second-order valence-electron chi connectivity index (χ2n) is 3.57. The lowest BCUT2D eigenvalue weighted by atomic mass is 9.87. The summed E-state index contributed by atoms with van der Waals surface area (Å²) >= 11 is 0. The second kappa shape index (κ2) is 3.70. The van der Waals surface area contributed by atoms with Crippen molar-refractivity contribution in [3.05, 3.63) is 35.9 Å². The van der Waals surface area contributed by atoms with Crippen LogP contribution in [0.15, 0.2) is 30.3 Å². The van der Waals surface area contributed by atoms with Crippen molar-refractivity contribution < 1.29 is 18.7 Å². The van der Waals surface area contributed by atoms with Gasteiger partial charge in [0, 0.05) is 6.92 Å². The maximum Gasteiger partial charge on any atom is 0.336 e. The lowest BCUT2D eigenvalue weighted by Gasteiger charge is -2.30. The van der Waals surface area contributed by atoms with Crippen LogP contribution in [0.5, 0.6) is 0 Å². The van der Waals surface area contributed by atoms with Gasteiger partial charge in [0.05, 0.1) is 0 Å². The van der Waals surface area contributed by atoms with Gasteiger partial charge in [-0.15, -0.1) is 0 Å². The summed E-state index contributed by atoms with van der Waals surface area (Å²) in [7, 11) is 0. The number of carbonyl (C=O) groups is 1. The minimum Gasteiger partial charge on any atom is -0.379 e. The number of Topliss-reactive ketones (excluding diaryl/α,β-unsaturated/α-hetero) is 1. The minimum absolute atomic E-state index is 0.0187. The van der Waals surface area contributed by atoms with Crippen LogP contribution in [-0.4, -0.2) is 16.8 Å². The summed E-state index contributed by atoms with van der Waals surface area (Å²) in [5, 5.41) is 9.71. The zero-order chi connectivity index (χ0) is 11.7. The largest absolute Gasteiger partial charge is 0.379 e. The second-order valence-corrected chi connectivity index (χ2v) is 3.57. The maximum atomic E-state index is 13.4. The molecule has 0 radical (unpaired) electrons. The first-order chi connectivity index (χ1) is 6.80. The molecule has 0 heterocycles. The van der Waals surface area contributed by atoms with E-state index in [0.29, 0.717) is 0 Å². The molecule has 1 rings (SSSR count). The zero-order valence-corrected chi connectivity index (χ0v) is 8.50. The van der Waals surface area contributed by atoms with Gasteiger partial charge in [-0.05, 0) is 12.5 Å². The molecule has 1 N–H and O–H groups in total. The molecule has 0 saturated carbocycles. The molecule has 0 saturated heterocycles. The zero-order valence-electron chi connectivity index (χ0n) is 8.50. The van der Waals surface area contributed by atoms with E-state index in [9.17, 15) is 18.7 Å². The molecule has 0 aliphatic rings. The third kappa shape index (κ3) is 1.90. The fourth-order valence-electron chi connectivity index (χ4n) is 1.29. The van der Waals surface area contributed by atoms with E-state index < -0.39 is 17.3 Å². The van der Waals surface area contributed by atoms with Crippen LogP contribution in [0.1, 0.15) is 19.4 Å². The van der Waals surface area contributed by atoms with E-state index >= 15 is 0 Å². The molecule has 2 nitrogen and oxygen atoms in total. The molecule has 0 fully saturated rings. The summed E-state index contributed by atoms with van der Waals surface area (Å²) in [6, 6.07) is 7.42. The number of ketones is 1. The first kappa shape index (κ1) is 11.8. The van der Waals surface area contributed by atoms with Crippen molar-refractivity contribution in [3.8, 4) is 0 Å². The Morgan fingerprint density at radius 2 is 1.73 bits per heavy atom. The number of alkyl halides is 2. The first-order valence-corrected chi connectivity index (χ1v) is 4.47. The fourth-order valence-corrected chi connectivity index (χ4v) is 1.29. The van der Waals surface area contributed by atoms with Gasteiger partial charge in [-0.2, -0.15) is 8.78 Å². The molecular weight excluding hydrogens is 202 g/mol. The third-order valence-corrected chi connectivity index (χ3v) is 2.39. The topological polar surface area (TPSA) is 37.3 Å². The number of hydrogen-bond acceptors (Lipinski definition) is 2. The predicted octanol–water partition coefficient (Wildman–Crippen LogP) is 2.12. The van der Waals surface area contributed by atoms with E-state index in [-0.39, 0.29) is 5.56 Å². The SMILES string of the molecule is CC(=O)C(F)(F)C(C)(O)c1ccccc1. The van der Waals surface area contributed by atoms with Crippen LogP contribution in [0.2, 0.25) is 0 Å². The van der Waals surface area contributed by atoms with Crippen molar-refractivity contribution in [2.45, 2.75) is 25.4 Å². The van der Waals surface area contributed by atoms with Crippen LogP contribution in [0.4, 0.5) is 8.78 Å². The Morgan fingerprint density at radius 3 is 2.13 bits per heavy atom. The highest BCUT2D eigenvalue weighted by Gasteiger charge is 2.54. The van der Waals surface area contributed by atoms with Crippen LogP contribution in [-0.2, 0) is 10.4 Å². The summed E-state index contributed by atoms with van der Waals surface area (Å²) in [4.78, 5) is 10.8. The van der Waals surface area contributed by atoms with Crippen LogP contribution >= 0.6 is 0 Å². The molecular formula is C11H12F2O2. The van der Waals surface area contributed by atoms with Gasteiger partial charge in [0.2, 0.25) is 5.78 Å². The van der Waals surface area contributed by atoms with Crippen LogP contribution in [0.3, 0.4) is 0 Å². The summed E-state index contributed by atoms with van der Waals surface area (Å²) in [5.74, 6) is -5.13. The van der Waals surface area contributed by atoms with Gasteiger partial charge < -0.3 is 5.11 Å². The Hall–Kier alpha value is -1.29. The Balaban J connectivity index is 3.19. The molecule has 1 aromatic rings. The molecule has 1 aromatic carbocycles. The van der Waals surface area contributed by atoms with Crippen LogP contribution < -0.4 is 0 Å². The Bertz CT molecular complexity index is 358. The van der Waals surface area contributed by atoms with Crippen molar-refractivity contribution >= 4 is 5.78 Å². The van der Waals surface area contributed by atoms with Gasteiger partial charge in [-0.1, -0.05) is 30.3 Å². The molecule has 0 aromatic heterocycles. The monoisotopic (exact) mass is 214 g/mol. The molecule has 0 amide bonds. The highest BCUT2D eigenvalue weighted by Crippen LogP contribution is 2.37. The summed E-state index contributed by atoms with van der Waals surface area (Å²) < 4.78 is 26.8. The standard InChI is InChI=1S/C11H12F2O2/c1-8(14)11(12,13)10(2,15)9-6-4-3-5-7-9/h3-7,15H,1-2H3. The molecule has 1 unspecified atom stereocenters. The lowest BCUT2D eigenvalue weighted by Crippen LogP contribution is -2.47. The molecule has 15 heavy (non-hydrogen) atoms. The summed E-state index contributed by atoms with van der Waals surface area (Å²) in [5.41, 5.74) is -2.45. The van der Waals surface area contributed by atoms with Gasteiger partial charge in [-0.3, -0.25) is 4.79 Å². The normalized spacial score (nSPS) is 15.8. The van der Waals surface area contributed by atoms with Crippen molar-refractivity contribution in [2.75, 3.05) is 0 Å². The Kier molecular flexibility index (Phi) is 2.90. The number of carbonyl (C=O) groups excluding carboxylic acids is 1. The number of benzene rings is 1. The van der Waals surface area contributed by atoms with Crippen LogP contribution in [0, 0.1) is 0 Å². The quantitative estimate of drug-likeness (QED) is 0.836. The average Bonchev–Trinajstić information content (AvgIpc) is 2.18. The third-order valence-electron chi connectivity index (χ3n) is 2.39. The van der Waals surface area contributed by atoms with Crippen molar-refractivity contribution in [2.24, 2.45) is 0 Å². The Labute approximate surface area is 86.5 Å². The smallest absolute Gasteiger partial charge is 0.336 e. The van der Waals surface area contributed by atoms with E-state index in [1.165, 1.54) is 24.3 Å². The highest BCUT2D eigenvalue weighted by molar-refractivity contribution is 5.84. The van der Waals surface area contributed by atoms with Crippen molar-refractivity contribution in [3.63, 3.8) is 0 Å². The summed E-state index contributed by atoms with van der Waals surface area (Å²) in [6.07, 6.45) is 0. The molecule has 82 valence electrons. The lowest BCUT2D eigenvalue weighted by molar-refractivity contribution is -0.187. The van der Waals surface area contributed by atoms with Gasteiger partial charge in [0.15, 0.2) is 5.60 Å². The number of rotatable bonds is 3. The molecule has 0 aliphatic heterocycles. The maximum absolute atomic E-state index is 13.4. The van der Waals surface area contributed by atoms with Crippen LogP contribution in [0.25, 0.3) is 0 Å². The minimum atomic E-state index is -3.78. The van der Waals surface area contributed by atoms with E-state index in [2.05, 4.69) is 0 Å². The Morgan fingerprint density at radius 1 is 1.27 bits per heavy atom. The molecule has 0 spiro atoms. The number of hydrogen-bond donors (Lipinski definition) is 1. The van der Waals surface area contributed by atoms with E-state index in [4.69, 9.17) is 0 Å². The predicted molar refractivity (Wildman–Crippen MR) is 51.6 cm³/mol. The van der Waals surface area contributed by atoms with E-state index in [0.717, 1.165) is 13.8 Å². The van der Waals surface area contributed by atoms with Gasteiger partial charge >= 0.3 is 5.92 Å². The fraction of sp³-hybridized carbons (Fsp3) is 0.364. The van der Waals surface area contributed by atoms with Gasteiger partial charge in [-0.25, -0.2) is 0 Å².